The number of phenols is 1. The average Bonchev–Trinajstić information content (AvgIpc) is 2.93. The highest BCUT2D eigenvalue weighted by atomic mass is 79.9. The summed E-state index contributed by atoms with van der Waals surface area (Å²) in [5.41, 5.74) is 2.31. The lowest BCUT2D eigenvalue weighted by molar-refractivity contribution is -0.140. The Balaban J connectivity index is 1.61. The van der Waals surface area contributed by atoms with Crippen LogP contribution in [0.4, 0.5) is 5.69 Å². The molecular formula is C20H20BrN3O4. The van der Waals surface area contributed by atoms with Gasteiger partial charge in [0, 0.05) is 28.8 Å². The number of amides is 3. The molecule has 0 saturated heterocycles. The van der Waals surface area contributed by atoms with E-state index in [9.17, 15) is 19.5 Å². The van der Waals surface area contributed by atoms with Gasteiger partial charge in [-0.3, -0.25) is 14.4 Å². The van der Waals surface area contributed by atoms with Crippen molar-refractivity contribution in [3.8, 4) is 5.75 Å². The van der Waals surface area contributed by atoms with Crippen LogP contribution in [0.1, 0.15) is 24.1 Å². The van der Waals surface area contributed by atoms with Gasteiger partial charge in [0.15, 0.2) is 0 Å². The van der Waals surface area contributed by atoms with Crippen LogP contribution in [0.5, 0.6) is 5.75 Å². The Morgan fingerprint density at radius 1 is 1.14 bits per heavy atom. The van der Waals surface area contributed by atoms with Crippen molar-refractivity contribution in [3.63, 3.8) is 0 Å². The molecule has 0 bridgehead atoms. The van der Waals surface area contributed by atoms with Crippen LogP contribution in [-0.2, 0) is 20.8 Å². The summed E-state index contributed by atoms with van der Waals surface area (Å²) in [5.74, 6) is -1.74. The van der Waals surface area contributed by atoms with Crippen LogP contribution < -0.4 is 15.5 Å². The molecule has 0 fully saturated rings. The second-order valence-corrected chi connectivity index (χ2v) is 7.28. The standard InChI is InChI=1S/C20H20BrN3O4/c1-2-24-16-8-5-13(21)11-15(16)17(20(24)28)23-19(27)18(26)22-10-9-12-3-6-14(25)7-4-12/h3-8,11,17,25H,2,9-10H2,1H3,(H,22,26)(H,23,27)/t17-/m1/s1. The zero-order valence-electron chi connectivity index (χ0n) is 15.2. The van der Waals surface area contributed by atoms with Crippen molar-refractivity contribution in [1.29, 1.82) is 0 Å². The SMILES string of the molecule is CCN1C(=O)[C@H](NC(=O)C(=O)NCCc2ccc(O)cc2)c2cc(Br)ccc21. The Kier molecular flexibility index (Phi) is 5.99. The van der Waals surface area contributed by atoms with Crippen LogP contribution in [0.3, 0.4) is 0 Å². The molecule has 0 aliphatic carbocycles. The number of phenolic OH excluding ortho intramolecular Hbond substituents is 1. The molecule has 0 saturated carbocycles. The number of hydrogen-bond acceptors (Lipinski definition) is 4. The van der Waals surface area contributed by atoms with Crippen LogP contribution in [0, 0.1) is 0 Å². The molecule has 3 rings (SSSR count). The highest BCUT2D eigenvalue weighted by molar-refractivity contribution is 9.10. The fraction of sp³-hybridized carbons (Fsp3) is 0.250. The first-order valence-electron chi connectivity index (χ1n) is 8.88. The van der Waals surface area contributed by atoms with Gasteiger partial charge in [-0.15, -0.1) is 0 Å². The number of carbonyl (C=O) groups excluding carboxylic acids is 3. The lowest BCUT2D eigenvalue weighted by Gasteiger charge is -2.15. The highest BCUT2D eigenvalue weighted by Crippen LogP contribution is 2.37. The molecule has 1 aliphatic heterocycles. The summed E-state index contributed by atoms with van der Waals surface area (Å²) in [6.07, 6.45) is 0.515. The van der Waals surface area contributed by atoms with E-state index >= 15 is 0 Å². The van der Waals surface area contributed by atoms with E-state index in [1.54, 1.807) is 35.2 Å². The number of nitrogens with one attached hydrogen (secondary N) is 2. The fourth-order valence-corrected chi connectivity index (χ4v) is 3.51. The van der Waals surface area contributed by atoms with Gasteiger partial charge in [0.05, 0.1) is 0 Å². The van der Waals surface area contributed by atoms with E-state index in [0.29, 0.717) is 18.5 Å². The summed E-state index contributed by atoms with van der Waals surface area (Å²) in [4.78, 5) is 38.6. The zero-order valence-corrected chi connectivity index (χ0v) is 16.8. The maximum atomic E-state index is 12.6. The normalized spacial score (nSPS) is 15.3. The molecule has 146 valence electrons. The number of benzene rings is 2. The van der Waals surface area contributed by atoms with Crippen molar-refractivity contribution >= 4 is 39.3 Å². The minimum absolute atomic E-state index is 0.168. The van der Waals surface area contributed by atoms with Crippen molar-refractivity contribution in [1.82, 2.24) is 10.6 Å². The predicted octanol–water partition coefficient (Wildman–Crippen LogP) is 2.04. The van der Waals surface area contributed by atoms with Gasteiger partial charge in [-0.05, 0) is 49.2 Å². The minimum atomic E-state index is -0.886. The number of rotatable bonds is 5. The van der Waals surface area contributed by atoms with Crippen molar-refractivity contribution in [2.24, 2.45) is 0 Å². The van der Waals surface area contributed by atoms with Crippen molar-refractivity contribution in [3.05, 3.63) is 58.1 Å². The first-order valence-corrected chi connectivity index (χ1v) is 9.67. The zero-order chi connectivity index (χ0) is 20.3. The van der Waals surface area contributed by atoms with Crippen LogP contribution >= 0.6 is 15.9 Å². The minimum Gasteiger partial charge on any atom is -0.508 e. The molecule has 1 heterocycles. The number of anilines is 1. The third-order valence-corrected chi connectivity index (χ3v) is 5.03. The topological polar surface area (TPSA) is 98.7 Å². The second-order valence-electron chi connectivity index (χ2n) is 6.36. The predicted molar refractivity (Wildman–Crippen MR) is 108 cm³/mol. The molecule has 2 aromatic rings. The molecule has 7 nitrogen and oxygen atoms in total. The molecule has 1 atom stereocenters. The molecule has 8 heteroatoms. The van der Waals surface area contributed by atoms with Gasteiger partial charge < -0.3 is 20.6 Å². The van der Waals surface area contributed by atoms with E-state index in [2.05, 4.69) is 26.6 Å². The Morgan fingerprint density at radius 2 is 1.86 bits per heavy atom. The first kappa shape index (κ1) is 19.9. The van der Waals surface area contributed by atoms with Gasteiger partial charge >= 0.3 is 11.8 Å². The molecule has 0 unspecified atom stereocenters. The van der Waals surface area contributed by atoms with Gasteiger partial charge in [-0.2, -0.15) is 0 Å². The largest absolute Gasteiger partial charge is 0.508 e. The highest BCUT2D eigenvalue weighted by Gasteiger charge is 2.38. The quantitative estimate of drug-likeness (QED) is 0.613. The van der Waals surface area contributed by atoms with Gasteiger partial charge in [0.25, 0.3) is 5.91 Å². The van der Waals surface area contributed by atoms with Crippen LogP contribution in [0.15, 0.2) is 46.9 Å². The molecule has 28 heavy (non-hydrogen) atoms. The maximum Gasteiger partial charge on any atom is 0.310 e. The van der Waals surface area contributed by atoms with E-state index in [-0.39, 0.29) is 18.2 Å². The number of aromatic hydroxyl groups is 1. The first-order chi connectivity index (χ1) is 13.4. The van der Waals surface area contributed by atoms with Crippen molar-refractivity contribution in [2.75, 3.05) is 18.0 Å². The summed E-state index contributed by atoms with van der Waals surface area (Å²) in [5, 5.41) is 14.4. The van der Waals surface area contributed by atoms with Crippen LogP contribution in [0.2, 0.25) is 0 Å². The molecule has 0 spiro atoms. The van der Waals surface area contributed by atoms with Crippen LogP contribution in [-0.4, -0.2) is 35.9 Å². The molecule has 2 aromatic carbocycles. The summed E-state index contributed by atoms with van der Waals surface area (Å²) >= 11 is 3.37. The average molecular weight is 446 g/mol. The summed E-state index contributed by atoms with van der Waals surface area (Å²) in [7, 11) is 0. The van der Waals surface area contributed by atoms with E-state index < -0.39 is 17.9 Å². The number of halogens is 1. The second kappa shape index (κ2) is 8.43. The van der Waals surface area contributed by atoms with Gasteiger partial charge in [0.1, 0.15) is 11.8 Å². The summed E-state index contributed by atoms with van der Waals surface area (Å²) in [6, 6.07) is 11.1. The lowest BCUT2D eigenvalue weighted by Crippen LogP contribution is -2.44. The number of nitrogens with zero attached hydrogens (tertiary/aromatic N) is 1. The Hall–Kier alpha value is -2.87. The molecule has 0 aromatic heterocycles. The molecule has 1 aliphatic rings. The Morgan fingerprint density at radius 3 is 2.54 bits per heavy atom. The molecule has 3 amide bonds. The Bertz CT molecular complexity index is 914. The van der Waals surface area contributed by atoms with Crippen molar-refractivity contribution in [2.45, 2.75) is 19.4 Å². The van der Waals surface area contributed by atoms with Crippen LogP contribution in [0.25, 0.3) is 0 Å². The molecule has 0 radical (unpaired) electrons. The maximum absolute atomic E-state index is 12.6. The number of hydrogen-bond donors (Lipinski definition) is 3. The molecular weight excluding hydrogens is 426 g/mol. The van der Waals surface area contributed by atoms with E-state index in [4.69, 9.17) is 0 Å². The summed E-state index contributed by atoms with van der Waals surface area (Å²) < 4.78 is 0.787. The number of carbonyl (C=O) groups is 3. The number of likely N-dealkylation sites (N-methyl/N-ethyl adjacent to an activating group) is 1. The molecule has 3 N–H and O–H groups in total. The van der Waals surface area contributed by atoms with Crippen molar-refractivity contribution < 1.29 is 19.5 Å². The smallest absolute Gasteiger partial charge is 0.310 e. The van der Waals surface area contributed by atoms with Gasteiger partial charge in [-0.25, -0.2) is 0 Å². The third-order valence-electron chi connectivity index (χ3n) is 4.54. The van der Waals surface area contributed by atoms with E-state index in [0.717, 1.165) is 15.7 Å². The third kappa shape index (κ3) is 4.17. The van der Waals surface area contributed by atoms with Gasteiger partial charge in [-0.1, -0.05) is 28.1 Å². The monoisotopic (exact) mass is 445 g/mol. The Labute approximate surface area is 170 Å². The van der Waals surface area contributed by atoms with Gasteiger partial charge in [0.2, 0.25) is 0 Å². The lowest BCUT2D eigenvalue weighted by atomic mass is 10.1. The van der Waals surface area contributed by atoms with E-state index in [1.807, 2.05) is 19.1 Å². The fourth-order valence-electron chi connectivity index (χ4n) is 3.14. The summed E-state index contributed by atoms with van der Waals surface area (Å²) in [6.45, 7) is 2.58. The number of fused-ring (bicyclic) bond motifs is 1. The van der Waals surface area contributed by atoms with E-state index in [1.165, 1.54) is 0 Å².